The summed E-state index contributed by atoms with van der Waals surface area (Å²) in [6.45, 7) is 13.3. The number of nitrogens with zero attached hydrogens (tertiary/aromatic N) is 2. The van der Waals surface area contributed by atoms with Gasteiger partial charge >= 0.3 is 0 Å². The molecule has 0 bridgehead atoms. The van der Waals surface area contributed by atoms with Crippen molar-refractivity contribution in [1.29, 1.82) is 0 Å². The van der Waals surface area contributed by atoms with Crippen LogP contribution in [0.3, 0.4) is 0 Å². The maximum atomic E-state index is 14.9. The van der Waals surface area contributed by atoms with Crippen LogP contribution in [-0.4, -0.2) is 21.6 Å². The van der Waals surface area contributed by atoms with Gasteiger partial charge in [0, 0.05) is 54.7 Å². The molecule has 3 aromatic rings. The van der Waals surface area contributed by atoms with E-state index in [2.05, 4.69) is 82.8 Å². The van der Waals surface area contributed by atoms with Crippen molar-refractivity contribution in [3.63, 3.8) is 0 Å². The van der Waals surface area contributed by atoms with Crippen LogP contribution < -0.4 is 10.4 Å². The Labute approximate surface area is 448 Å². The molecule has 72 heavy (non-hydrogen) atoms. The van der Waals surface area contributed by atoms with Gasteiger partial charge in [-0.25, -0.2) is 9.80 Å². The van der Waals surface area contributed by atoms with Crippen LogP contribution in [0.1, 0.15) is 296 Å². The van der Waals surface area contributed by atoms with Crippen molar-refractivity contribution in [1.82, 2.24) is 9.80 Å². The first kappa shape index (κ1) is 59.3. The van der Waals surface area contributed by atoms with Gasteiger partial charge in [0.2, 0.25) is 0 Å². The number of hydrogen-bond acceptors (Lipinski definition) is 4. The highest BCUT2D eigenvalue weighted by Crippen LogP contribution is 2.37. The van der Waals surface area contributed by atoms with Gasteiger partial charge in [0.25, 0.3) is 11.8 Å². The molecule has 1 aromatic carbocycles. The first-order valence-corrected chi connectivity index (χ1v) is 31.7. The molecule has 4 nitrogen and oxygen atoms in total. The number of fused-ring (bicyclic) bond motifs is 2. The van der Waals surface area contributed by atoms with Gasteiger partial charge in [-0.1, -0.05) is 245 Å². The Kier molecular flexibility index (Phi) is 28.7. The fourth-order valence-electron chi connectivity index (χ4n) is 10.8. The Bertz CT molecular complexity index is 2270. The third-order valence-corrected chi connectivity index (χ3v) is 17.7. The average Bonchev–Trinajstić information content (AvgIpc) is 4.16. The van der Waals surface area contributed by atoms with Crippen LogP contribution >= 0.6 is 22.7 Å². The molecule has 0 saturated heterocycles. The van der Waals surface area contributed by atoms with Crippen LogP contribution in [0.2, 0.25) is 0 Å². The van der Waals surface area contributed by atoms with Crippen LogP contribution in [0.25, 0.3) is 21.1 Å². The molecule has 2 amide bonds. The van der Waals surface area contributed by atoms with E-state index in [1.165, 1.54) is 220 Å². The van der Waals surface area contributed by atoms with Gasteiger partial charge in [-0.3, -0.25) is 9.59 Å². The zero-order chi connectivity index (χ0) is 51.2. The highest BCUT2D eigenvalue weighted by Gasteiger charge is 2.34. The molecule has 0 unspecified atom stereocenters. The second kappa shape index (κ2) is 34.8. The zero-order valence-electron chi connectivity index (χ0n) is 46.6. The van der Waals surface area contributed by atoms with E-state index in [9.17, 15) is 9.59 Å². The van der Waals surface area contributed by atoms with Gasteiger partial charge in [-0.05, 0) is 75.9 Å². The molecule has 4 heterocycles. The van der Waals surface area contributed by atoms with Crippen LogP contribution in [0, 0.1) is 42.7 Å². The molecular weight excluding hydrogens is 917 g/mol. The Hall–Kier alpha value is -3.58. The maximum Gasteiger partial charge on any atom is 0.270 e. The number of aryl methyl sites for hydroxylation is 1. The second-order valence-corrected chi connectivity index (χ2v) is 24.1. The second-order valence-electron chi connectivity index (χ2n) is 21.7. The van der Waals surface area contributed by atoms with Gasteiger partial charge in [0.05, 0.1) is 21.7 Å². The predicted molar refractivity (Wildman–Crippen MR) is 313 cm³/mol. The van der Waals surface area contributed by atoms with Crippen molar-refractivity contribution in [3.8, 4) is 33.7 Å². The Balaban J connectivity index is 1.39. The third kappa shape index (κ3) is 19.6. The number of hydrogen-bond donors (Lipinski definition) is 0. The maximum absolute atomic E-state index is 14.9. The first-order valence-electron chi connectivity index (χ1n) is 30.1. The Morgan fingerprint density at radius 3 is 1.15 bits per heavy atom. The highest BCUT2D eigenvalue weighted by atomic mass is 32.1. The molecule has 0 aliphatic carbocycles. The van der Waals surface area contributed by atoms with Gasteiger partial charge in [-0.2, -0.15) is 0 Å². The largest absolute Gasteiger partial charge is 0.270 e. The number of carbonyl (C=O) groups excluding carboxylic acids is 2. The summed E-state index contributed by atoms with van der Waals surface area (Å²) in [5.41, 5.74) is 2.91. The molecule has 396 valence electrons. The van der Waals surface area contributed by atoms with Crippen molar-refractivity contribution in [2.24, 2.45) is 11.8 Å². The summed E-state index contributed by atoms with van der Waals surface area (Å²) in [4.78, 5) is 37.6. The van der Waals surface area contributed by atoms with E-state index in [1.54, 1.807) is 32.5 Å². The number of carbonyl (C=O) groups is 2. The van der Waals surface area contributed by atoms with Crippen molar-refractivity contribution in [3.05, 3.63) is 67.7 Å². The number of thiophene rings is 2. The lowest BCUT2D eigenvalue weighted by molar-refractivity contribution is 0.0885. The number of amides is 2. The highest BCUT2D eigenvalue weighted by molar-refractivity contribution is 7.22. The van der Waals surface area contributed by atoms with Gasteiger partial charge in [0.15, 0.2) is 0 Å². The smallest absolute Gasteiger partial charge is 0.268 e. The summed E-state index contributed by atoms with van der Waals surface area (Å²) in [6.07, 6.45) is 46.0. The van der Waals surface area contributed by atoms with Crippen LogP contribution in [0.5, 0.6) is 0 Å². The first-order chi connectivity index (χ1) is 35.3. The lowest BCUT2D eigenvalue weighted by atomic mass is 9.94. The van der Waals surface area contributed by atoms with Crippen molar-refractivity contribution < 1.29 is 9.59 Å². The fourth-order valence-corrected chi connectivity index (χ4v) is 12.8. The third-order valence-electron chi connectivity index (χ3n) is 15.4. The molecule has 0 fully saturated rings. The quantitative estimate of drug-likeness (QED) is 0.0424. The zero-order valence-corrected chi connectivity index (χ0v) is 48.2. The number of unbranched alkanes of at least 4 members (excludes halogenated alkanes) is 28. The Morgan fingerprint density at radius 1 is 0.403 bits per heavy atom. The summed E-state index contributed by atoms with van der Waals surface area (Å²) < 4.78 is 0. The minimum atomic E-state index is -0.0873. The van der Waals surface area contributed by atoms with Gasteiger partial charge in [0.1, 0.15) is 0 Å². The molecule has 2 aliphatic heterocycles. The summed E-state index contributed by atoms with van der Waals surface area (Å²) in [6, 6.07) is 19.6. The molecule has 0 N–H and O–H groups in total. The molecule has 2 aromatic heterocycles. The van der Waals surface area contributed by atoms with E-state index in [0.717, 1.165) is 52.4 Å². The molecule has 0 spiro atoms. The van der Waals surface area contributed by atoms with E-state index in [4.69, 9.17) is 0 Å². The number of rotatable bonds is 38. The minimum Gasteiger partial charge on any atom is -0.268 e. The summed E-state index contributed by atoms with van der Waals surface area (Å²) in [5.74, 6) is 7.74. The molecule has 0 saturated carbocycles. The average molecular weight is 1020 g/mol. The monoisotopic (exact) mass is 1010 g/mol. The molecule has 0 atom stereocenters. The SMILES string of the molecule is CCCCCCCCCCC(C#CN1C(=O)c2cc3c(cc2=C1C)C(=O)N(C#CC(CCCCCCCCCC)CCCCCCCCCC)C=3c1ccc(-c2ccc(C)s2)s1)CCCCCCCCCC. The predicted octanol–water partition coefficient (Wildman–Crippen LogP) is 19.3. The topological polar surface area (TPSA) is 40.6 Å². The van der Waals surface area contributed by atoms with Gasteiger partial charge < -0.3 is 0 Å². The van der Waals surface area contributed by atoms with Crippen molar-refractivity contribution in [2.75, 3.05) is 0 Å². The van der Waals surface area contributed by atoms with Crippen molar-refractivity contribution >= 4 is 45.9 Å². The lowest BCUT2D eigenvalue weighted by Crippen LogP contribution is -2.22. The normalized spacial score (nSPS) is 13.2. The van der Waals surface area contributed by atoms with E-state index < -0.39 is 0 Å². The van der Waals surface area contributed by atoms with E-state index >= 15 is 0 Å². The van der Waals surface area contributed by atoms with E-state index in [-0.39, 0.29) is 23.7 Å². The van der Waals surface area contributed by atoms with Crippen LogP contribution in [0.4, 0.5) is 0 Å². The standard InChI is InChI=1S/C66H98N2O2S2/c1-7-11-15-19-23-27-31-35-39-55(40-36-32-28-24-20-16-12-8-2)47-49-67-54(6)57-51-60-58(52-59(57)65(67)69)64(63-46-45-62(72-63)61-44-43-53(5)71-61)68(66(60)70)50-48-56(41-37-33-29-25-21-17-13-9-3)42-38-34-30-26-22-18-14-10-4/h43-46,51-52,55-56H,7-42H2,1-6H3. The minimum absolute atomic E-state index is 0.0798. The molecular formula is C66H98N2O2S2. The Morgan fingerprint density at radius 2 is 0.736 bits per heavy atom. The summed E-state index contributed by atoms with van der Waals surface area (Å²) in [5, 5.41) is 1.63. The molecule has 5 rings (SSSR count). The van der Waals surface area contributed by atoms with E-state index in [1.807, 2.05) is 19.1 Å². The van der Waals surface area contributed by atoms with E-state index in [0.29, 0.717) is 11.1 Å². The van der Waals surface area contributed by atoms with Crippen molar-refractivity contribution in [2.45, 2.75) is 273 Å². The molecule has 6 heteroatoms. The number of benzene rings is 1. The summed E-state index contributed by atoms with van der Waals surface area (Å²) in [7, 11) is 0. The van der Waals surface area contributed by atoms with Gasteiger partial charge in [-0.15, -0.1) is 22.7 Å². The van der Waals surface area contributed by atoms with Crippen LogP contribution in [-0.2, 0) is 0 Å². The molecule has 2 aliphatic rings. The van der Waals surface area contributed by atoms with Crippen LogP contribution in [0.15, 0.2) is 36.4 Å². The lowest BCUT2D eigenvalue weighted by Gasteiger charge is -2.15. The fraction of sp³-hybridized carbons (Fsp3) is 0.667. The molecule has 0 radical (unpaired) electrons. The summed E-state index contributed by atoms with van der Waals surface area (Å²) >= 11 is 3.51.